The van der Waals surface area contributed by atoms with Gasteiger partial charge in [0.25, 0.3) is 0 Å². The molecule has 1 N–H and O–H groups in total. The number of rotatable bonds is 3. The van der Waals surface area contributed by atoms with Gasteiger partial charge < -0.3 is 9.84 Å². The second-order valence-corrected chi connectivity index (χ2v) is 3.46. The largest absolute Gasteiger partial charge is 0.393 e. The summed E-state index contributed by atoms with van der Waals surface area (Å²) in [6.45, 7) is 0.876. The Kier molecular flexibility index (Phi) is 3.87. The van der Waals surface area contributed by atoms with Gasteiger partial charge in [0.05, 0.1) is 6.10 Å². The zero-order valence-corrected chi connectivity index (χ0v) is 7.25. The van der Waals surface area contributed by atoms with E-state index < -0.39 is 0 Å². The third-order valence-electron chi connectivity index (χ3n) is 2.55. The van der Waals surface area contributed by atoms with E-state index in [4.69, 9.17) is 4.74 Å². The van der Waals surface area contributed by atoms with Crippen LogP contribution in [-0.2, 0) is 4.74 Å². The molecule has 0 aromatic carbocycles. The first-order chi connectivity index (χ1) is 5.33. The van der Waals surface area contributed by atoms with Gasteiger partial charge in [0.2, 0.25) is 0 Å². The van der Waals surface area contributed by atoms with Crippen LogP contribution in [0.15, 0.2) is 0 Å². The van der Waals surface area contributed by atoms with Gasteiger partial charge in [-0.15, -0.1) is 0 Å². The molecule has 0 saturated heterocycles. The molecule has 0 bridgehead atoms. The summed E-state index contributed by atoms with van der Waals surface area (Å²) < 4.78 is 5.01. The Morgan fingerprint density at radius 1 is 1.27 bits per heavy atom. The maximum absolute atomic E-state index is 9.22. The van der Waals surface area contributed by atoms with Gasteiger partial charge in [-0.05, 0) is 38.0 Å². The second-order valence-electron chi connectivity index (χ2n) is 3.46. The van der Waals surface area contributed by atoms with Crippen molar-refractivity contribution in [2.75, 3.05) is 13.7 Å². The lowest BCUT2D eigenvalue weighted by molar-refractivity contribution is 0.0937. The fraction of sp³-hybridized carbons (Fsp3) is 1.00. The van der Waals surface area contributed by atoms with Crippen molar-refractivity contribution in [3.63, 3.8) is 0 Å². The topological polar surface area (TPSA) is 29.5 Å². The van der Waals surface area contributed by atoms with Crippen molar-refractivity contribution in [3.05, 3.63) is 0 Å². The number of hydrogen-bond acceptors (Lipinski definition) is 2. The molecule has 1 aliphatic carbocycles. The van der Waals surface area contributed by atoms with Gasteiger partial charge in [-0.3, -0.25) is 0 Å². The van der Waals surface area contributed by atoms with Crippen LogP contribution in [0.4, 0.5) is 0 Å². The van der Waals surface area contributed by atoms with Crippen LogP contribution in [0.5, 0.6) is 0 Å². The average Bonchev–Trinajstić information content (AvgIpc) is 2.04. The van der Waals surface area contributed by atoms with Crippen molar-refractivity contribution < 1.29 is 9.84 Å². The molecule has 2 nitrogen and oxygen atoms in total. The van der Waals surface area contributed by atoms with Gasteiger partial charge in [-0.1, -0.05) is 0 Å². The van der Waals surface area contributed by atoms with Crippen LogP contribution in [0.1, 0.15) is 32.1 Å². The molecule has 0 aromatic rings. The van der Waals surface area contributed by atoms with E-state index in [1.807, 2.05) is 0 Å². The molecule has 0 unspecified atom stereocenters. The summed E-state index contributed by atoms with van der Waals surface area (Å²) in [6, 6.07) is 0. The maximum atomic E-state index is 9.22. The fourth-order valence-electron chi connectivity index (χ4n) is 1.72. The highest BCUT2D eigenvalue weighted by atomic mass is 16.5. The molecule has 0 spiro atoms. The monoisotopic (exact) mass is 158 g/mol. The summed E-state index contributed by atoms with van der Waals surface area (Å²) in [4.78, 5) is 0. The summed E-state index contributed by atoms with van der Waals surface area (Å²) in [6.07, 6.45) is 5.51. The number of ether oxygens (including phenoxy) is 1. The molecular formula is C9H18O2. The molecule has 0 heterocycles. The van der Waals surface area contributed by atoms with Crippen LogP contribution in [0.2, 0.25) is 0 Å². The molecule has 1 rings (SSSR count). The standard InChI is InChI=1S/C9H18O2/c1-11-7-6-8-2-4-9(10)5-3-8/h8-10H,2-7H2,1H3. The summed E-state index contributed by atoms with van der Waals surface area (Å²) in [7, 11) is 1.75. The minimum Gasteiger partial charge on any atom is -0.393 e. The van der Waals surface area contributed by atoms with E-state index >= 15 is 0 Å². The lowest BCUT2D eigenvalue weighted by atomic mass is 9.86. The Bertz CT molecular complexity index is 93.0. The van der Waals surface area contributed by atoms with Crippen molar-refractivity contribution in [2.24, 2.45) is 5.92 Å². The first-order valence-corrected chi connectivity index (χ1v) is 4.50. The van der Waals surface area contributed by atoms with Crippen molar-refractivity contribution in [2.45, 2.75) is 38.2 Å². The van der Waals surface area contributed by atoms with Crippen LogP contribution < -0.4 is 0 Å². The number of aliphatic hydroxyl groups is 1. The molecule has 66 valence electrons. The smallest absolute Gasteiger partial charge is 0.0540 e. The van der Waals surface area contributed by atoms with E-state index in [-0.39, 0.29) is 6.10 Å². The normalized spacial score (nSPS) is 32.2. The molecule has 11 heavy (non-hydrogen) atoms. The van der Waals surface area contributed by atoms with E-state index in [0.29, 0.717) is 0 Å². The molecular weight excluding hydrogens is 140 g/mol. The van der Waals surface area contributed by atoms with E-state index in [1.165, 1.54) is 19.3 Å². The molecule has 0 amide bonds. The highest BCUT2D eigenvalue weighted by molar-refractivity contribution is 4.71. The zero-order chi connectivity index (χ0) is 8.10. The van der Waals surface area contributed by atoms with E-state index in [2.05, 4.69) is 0 Å². The molecule has 1 aliphatic rings. The minimum atomic E-state index is -0.0196. The quantitative estimate of drug-likeness (QED) is 0.675. The predicted octanol–water partition coefficient (Wildman–Crippen LogP) is 1.57. The molecule has 0 radical (unpaired) electrons. The van der Waals surface area contributed by atoms with Gasteiger partial charge in [0, 0.05) is 13.7 Å². The SMILES string of the molecule is COCCC1CCC(O)CC1. The van der Waals surface area contributed by atoms with E-state index in [0.717, 1.165) is 25.4 Å². The van der Waals surface area contributed by atoms with Crippen LogP contribution in [0, 0.1) is 5.92 Å². The third kappa shape index (κ3) is 3.21. The van der Waals surface area contributed by atoms with Crippen molar-refractivity contribution in [1.82, 2.24) is 0 Å². The van der Waals surface area contributed by atoms with Gasteiger partial charge in [-0.25, -0.2) is 0 Å². The Morgan fingerprint density at radius 2 is 1.91 bits per heavy atom. The lowest BCUT2D eigenvalue weighted by Crippen LogP contribution is -2.18. The van der Waals surface area contributed by atoms with E-state index in [1.54, 1.807) is 7.11 Å². The molecule has 1 fully saturated rings. The second kappa shape index (κ2) is 4.73. The Morgan fingerprint density at radius 3 is 2.45 bits per heavy atom. The Balaban J connectivity index is 2.07. The molecule has 0 aliphatic heterocycles. The highest BCUT2D eigenvalue weighted by Crippen LogP contribution is 2.26. The van der Waals surface area contributed by atoms with Crippen molar-refractivity contribution >= 4 is 0 Å². The van der Waals surface area contributed by atoms with Gasteiger partial charge in [0.15, 0.2) is 0 Å². The van der Waals surface area contributed by atoms with Gasteiger partial charge >= 0.3 is 0 Å². The maximum Gasteiger partial charge on any atom is 0.0540 e. The third-order valence-corrected chi connectivity index (χ3v) is 2.55. The van der Waals surface area contributed by atoms with Gasteiger partial charge in [0.1, 0.15) is 0 Å². The van der Waals surface area contributed by atoms with Crippen molar-refractivity contribution in [3.8, 4) is 0 Å². The molecule has 1 saturated carbocycles. The average molecular weight is 158 g/mol. The van der Waals surface area contributed by atoms with Crippen LogP contribution >= 0.6 is 0 Å². The fourth-order valence-corrected chi connectivity index (χ4v) is 1.72. The first kappa shape index (κ1) is 9.01. The summed E-state index contributed by atoms with van der Waals surface area (Å²) >= 11 is 0. The molecule has 0 aromatic heterocycles. The highest BCUT2D eigenvalue weighted by Gasteiger charge is 2.18. The van der Waals surface area contributed by atoms with Gasteiger partial charge in [-0.2, -0.15) is 0 Å². The zero-order valence-electron chi connectivity index (χ0n) is 7.25. The van der Waals surface area contributed by atoms with E-state index in [9.17, 15) is 5.11 Å². The minimum absolute atomic E-state index is 0.0196. The number of aliphatic hydroxyl groups excluding tert-OH is 1. The number of methoxy groups -OCH3 is 1. The lowest BCUT2D eigenvalue weighted by Gasteiger charge is -2.24. The first-order valence-electron chi connectivity index (χ1n) is 4.50. The van der Waals surface area contributed by atoms with Crippen LogP contribution in [0.3, 0.4) is 0 Å². The molecule has 2 heteroatoms. The van der Waals surface area contributed by atoms with Crippen LogP contribution in [0.25, 0.3) is 0 Å². The Hall–Kier alpha value is -0.0800. The Labute approximate surface area is 68.6 Å². The summed E-state index contributed by atoms with van der Waals surface area (Å²) in [5, 5.41) is 9.22. The number of hydrogen-bond donors (Lipinski definition) is 1. The van der Waals surface area contributed by atoms with Crippen LogP contribution in [-0.4, -0.2) is 24.9 Å². The molecule has 0 atom stereocenters. The summed E-state index contributed by atoms with van der Waals surface area (Å²) in [5.41, 5.74) is 0. The predicted molar refractivity (Wildman–Crippen MR) is 44.5 cm³/mol. The van der Waals surface area contributed by atoms with Crippen molar-refractivity contribution in [1.29, 1.82) is 0 Å². The summed E-state index contributed by atoms with van der Waals surface area (Å²) in [5.74, 6) is 0.804.